The Morgan fingerprint density at radius 2 is 2.00 bits per heavy atom. The molecule has 0 aliphatic carbocycles. The first-order valence-corrected chi connectivity index (χ1v) is 7.62. The minimum atomic E-state index is 0.839. The molecular formula is C18H19ClN2. The molecule has 0 fully saturated rings. The van der Waals surface area contributed by atoms with Crippen molar-refractivity contribution in [3.05, 3.63) is 70.4 Å². The van der Waals surface area contributed by atoms with Crippen molar-refractivity contribution in [2.75, 3.05) is 6.54 Å². The molecule has 1 heterocycles. The lowest BCUT2D eigenvalue weighted by molar-refractivity contribution is 0.688. The summed E-state index contributed by atoms with van der Waals surface area (Å²) >= 11 is 6.14. The standard InChI is InChI=1S/C18H19ClN2/c1-13-6-7-14(10-17(13)19)11-20-9-8-15-12-21-18-5-3-2-4-16(15)18/h2-7,10,12,20-21H,8-9,11H2,1H3. The van der Waals surface area contributed by atoms with Gasteiger partial charge in [-0.25, -0.2) is 0 Å². The van der Waals surface area contributed by atoms with E-state index >= 15 is 0 Å². The molecule has 0 radical (unpaired) electrons. The van der Waals surface area contributed by atoms with Crippen molar-refractivity contribution in [1.82, 2.24) is 10.3 Å². The summed E-state index contributed by atoms with van der Waals surface area (Å²) in [6, 6.07) is 14.7. The molecule has 3 heteroatoms. The van der Waals surface area contributed by atoms with E-state index < -0.39 is 0 Å². The summed E-state index contributed by atoms with van der Waals surface area (Å²) in [6.45, 7) is 3.83. The van der Waals surface area contributed by atoms with Crippen LogP contribution in [0.15, 0.2) is 48.7 Å². The highest BCUT2D eigenvalue weighted by Crippen LogP contribution is 2.18. The van der Waals surface area contributed by atoms with Gasteiger partial charge in [0.15, 0.2) is 0 Å². The summed E-state index contributed by atoms with van der Waals surface area (Å²) in [5.41, 5.74) is 4.92. The lowest BCUT2D eigenvalue weighted by Crippen LogP contribution is -2.16. The lowest BCUT2D eigenvalue weighted by Gasteiger charge is -2.06. The van der Waals surface area contributed by atoms with Gasteiger partial charge >= 0.3 is 0 Å². The maximum Gasteiger partial charge on any atom is 0.0456 e. The van der Waals surface area contributed by atoms with E-state index in [9.17, 15) is 0 Å². The zero-order valence-corrected chi connectivity index (χ0v) is 12.9. The van der Waals surface area contributed by atoms with Crippen LogP contribution in [0.4, 0.5) is 0 Å². The molecule has 0 aliphatic rings. The molecule has 0 bridgehead atoms. The van der Waals surface area contributed by atoms with Crippen LogP contribution in [0, 0.1) is 6.92 Å². The van der Waals surface area contributed by atoms with Gasteiger partial charge < -0.3 is 10.3 Å². The Bertz CT molecular complexity index is 746. The molecular weight excluding hydrogens is 280 g/mol. The Kier molecular flexibility index (Phi) is 4.28. The predicted octanol–water partition coefficient (Wildman–Crippen LogP) is 4.46. The van der Waals surface area contributed by atoms with E-state index in [-0.39, 0.29) is 0 Å². The monoisotopic (exact) mass is 298 g/mol. The van der Waals surface area contributed by atoms with Gasteiger partial charge in [-0.2, -0.15) is 0 Å². The van der Waals surface area contributed by atoms with E-state index in [1.807, 2.05) is 13.0 Å². The number of hydrogen-bond donors (Lipinski definition) is 2. The Morgan fingerprint density at radius 1 is 1.14 bits per heavy atom. The molecule has 0 saturated carbocycles. The van der Waals surface area contributed by atoms with E-state index in [1.54, 1.807) is 0 Å². The van der Waals surface area contributed by atoms with Gasteiger partial charge in [-0.3, -0.25) is 0 Å². The van der Waals surface area contributed by atoms with Gasteiger partial charge in [0.25, 0.3) is 0 Å². The molecule has 2 aromatic carbocycles. The van der Waals surface area contributed by atoms with Crippen LogP contribution < -0.4 is 5.32 Å². The van der Waals surface area contributed by atoms with Crippen molar-refractivity contribution >= 4 is 22.5 Å². The molecule has 0 atom stereocenters. The molecule has 108 valence electrons. The summed E-state index contributed by atoms with van der Waals surface area (Å²) in [4.78, 5) is 3.32. The minimum absolute atomic E-state index is 0.839. The Hall–Kier alpha value is -1.77. The van der Waals surface area contributed by atoms with Crippen molar-refractivity contribution in [1.29, 1.82) is 0 Å². The molecule has 2 nitrogen and oxygen atoms in total. The molecule has 1 aromatic heterocycles. The average molecular weight is 299 g/mol. The van der Waals surface area contributed by atoms with Gasteiger partial charge in [0.2, 0.25) is 0 Å². The maximum atomic E-state index is 6.14. The third-order valence-electron chi connectivity index (χ3n) is 3.81. The van der Waals surface area contributed by atoms with Gasteiger partial charge in [0.1, 0.15) is 0 Å². The molecule has 0 amide bonds. The second-order valence-corrected chi connectivity index (χ2v) is 5.78. The number of rotatable bonds is 5. The molecule has 3 rings (SSSR count). The largest absolute Gasteiger partial charge is 0.361 e. The summed E-state index contributed by atoms with van der Waals surface area (Å²) in [7, 11) is 0. The Balaban J connectivity index is 1.55. The van der Waals surface area contributed by atoms with Crippen molar-refractivity contribution in [3.63, 3.8) is 0 Å². The number of halogens is 1. The van der Waals surface area contributed by atoms with Gasteiger partial charge in [-0.15, -0.1) is 0 Å². The number of aromatic nitrogens is 1. The third kappa shape index (κ3) is 3.29. The van der Waals surface area contributed by atoms with Crippen LogP contribution >= 0.6 is 11.6 Å². The number of para-hydroxylation sites is 1. The van der Waals surface area contributed by atoms with Crippen LogP contribution in [0.3, 0.4) is 0 Å². The fourth-order valence-electron chi connectivity index (χ4n) is 2.54. The number of benzene rings is 2. The highest BCUT2D eigenvalue weighted by Gasteiger charge is 2.02. The molecule has 0 aliphatic heterocycles. The van der Waals surface area contributed by atoms with Gasteiger partial charge in [-0.05, 0) is 48.7 Å². The van der Waals surface area contributed by atoms with E-state index in [0.717, 1.165) is 30.1 Å². The highest BCUT2D eigenvalue weighted by molar-refractivity contribution is 6.31. The van der Waals surface area contributed by atoms with E-state index in [1.165, 1.54) is 22.0 Å². The first-order chi connectivity index (χ1) is 10.2. The normalized spacial score (nSPS) is 11.1. The fourth-order valence-corrected chi connectivity index (χ4v) is 2.74. The molecule has 21 heavy (non-hydrogen) atoms. The minimum Gasteiger partial charge on any atom is -0.361 e. The molecule has 2 N–H and O–H groups in total. The number of hydrogen-bond acceptors (Lipinski definition) is 1. The molecule has 0 saturated heterocycles. The first-order valence-electron chi connectivity index (χ1n) is 7.25. The number of nitrogens with one attached hydrogen (secondary N) is 2. The van der Waals surface area contributed by atoms with E-state index in [0.29, 0.717) is 0 Å². The highest BCUT2D eigenvalue weighted by atomic mass is 35.5. The lowest BCUT2D eigenvalue weighted by atomic mass is 10.1. The van der Waals surface area contributed by atoms with Crippen LogP contribution in [0.2, 0.25) is 5.02 Å². The van der Waals surface area contributed by atoms with Crippen LogP contribution in [-0.2, 0) is 13.0 Å². The van der Waals surface area contributed by atoms with Gasteiger partial charge in [0.05, 0.1) is 0 Å². The van der Waals surface area contributed by atoms with Crippen molar-refractivity contribution in [2.24, 2.45) is 0 Å². The van der Waals surface area contributed by atoms with Crippen molar-refractivity contribution in [2.45, 2.75) is 19.9 Å². The summed E-state index contributed by atoms with van der Waals surface area (Å²) in [5, 5.41) is 5.63. The van der Waals surface area contributed by atoms with Crippen LogP contribution in [0.5, 0.6) is 0 Å². The fraction of sp³-hybridized carbons (Fsp3) is 0.222. The predicted molar refractivity (Wildman–Crippen MR) is 89.9 cm³/mol. The SMILES string of the molecule is Cc1ccc(CNCCc2c[nH]c3ccccc23)cc1Cl. The third-order valence-corrected chi connectivity index (χ3v) is 4.22. The second kappa shape index (κ2) is 6.33. The van der Waals surface area contributed by atoms with Gasteiger partial charge in [0, 0.05) is 28.7 Å². The Labute approximate surface area is 130 Å². The Morgan fingerprint density at radius 3 is 2.86 bits per heavy atom. The van der Waals surface area contributed by atoms with E-state index in [4.69, 9.17) is 11.6 Å². The molecule has 0 unspecified atom stereocenters. The van der Waals surface area contributed by atoms with Gasteiger partial charge in [-0.1, -0.05) is 41.9 Å². The van der Waals surface area contributed by atoms with Crippen molar-refractivity contribution in [3.8, 4) is 0 Å². The number of aromatic amines is 1. The smallest absolute Gasteiger partial charge is 0.0456 e. The molecule has 3 aromatic rings. The quantitative estimate of drug-likeness (QED) is 0.669. The van der Waals surface area contributed by atoms with Crippen molar-refractivity contribution < 1.29 is 0 Å². The summed E-state index contributed by atoms with van der Waals surface area (Å²) in [6.07, 6.45) is 3.12. The first kappa shape index (κ1) is 14.2. The van der Waals surface area contributed by atoms with Crippen LogP contribution in [-0.4, -0.2) is 11.5 Å². The summed E-state index contributed by atoms with van der Waals surface area (Å²) < 4.78 is 0. The maximum absolute atomic E-state index is 6.14. The number of aryl methyl sites for hydroxylation is 1. The summed E-state index contributed by atoms with van der Waals surface area (Å²) in [5.74, 6) is 0. The second-order valence-electron chi connectivity index (χ2n) is 5.37. The topological polar surface area (TPSA) is 27.8 Å². The number of H-pyrrole nitrogens is 1. The van der Waals surface area contributed by atoms with Crippen LogP contribution in [0.25, 0.3) is 10.9 Å². The van der Waals surface area contributed by atoms with E-state index in [2.05, 4.69) is 52.9 Å². The zero-order valence-electron chi connectivity index (χ0n) is 12.1. The number of fused-ring (bicyclic) bond motifs is 1. The molecule has 0 spiro atoms. The zero-order chi connectivity index (χ0) is 14.7. The average Bonchev–Trinajstić information content (AvgIpc) is 2.91. The van der Waals surface area contributed by atoms with Crippen LogP contribution in [0.1, 0.15) is 16.7 Å².